The van der Waals surface area contributed by atoms with Crippen LogP contribution < -0.4 is 4.90 Å². The number of ether oxygens (including phenoxy) is 1. The Hall–Kier alpha value is -4.06. The summed E-state index contributed by atoms with van der Waals surface area (Å²) in [6.07, 6.45) is -0.953. The first-order chi connectivity index (χ1) is 14.9. The zero-order valence-electron chi connectivity index (χ0n) is 17.0. The molecule has 0 fully saturated rings. The summed E-state index contributed by atoms with van der Waals surface area (Å²) in [6, 6.07) is 19.6. The van der Waals surface area contributed by atoms with E-state index in [1.807, 2.05) is 19.1 Å². The number of nitrogens with zero attached hydrogens (tertiary/aromatic N) is 1. The average Bonchev–Trinajstić information content (AvgIpc) is 3.04. The van der Waals surface area contributed by atoms with Crippen LogP contribution in [0.4, 0.5) is 5.69 Å². The van der Waals surface area contributed by atoms with E-state index in [4.69, 9.17) is 4.74 Å². The maximum absolute atomic E-state index is 12.6. The van der Waals surface area contributed by atoms with Gasteiger partial charge in [-0.15, -0.1) is 0 Å². The van der Waals surface area contributed by atoms with Crippen LogP contribution >= 0.6 is 0 Å². The van der Waals surface area contributed by atoms with Crippen LogP contribution in [0, 0.1) is 6.92 Å². The minimum atomic E-state index is -0.953. The Morgan fingerprint density at radius 1 is 0.774 bits per heavy atom. The number of esters is 1. The van der Waals surface area contributed by atoms with Gasteiger partial charge in [-0.3, -0.25) is 14.4 Å². The van der Waals surface area contributed by atoms with Gasteiger partial charge in [-0.05, 0) is 50.2 Å². The standard InChI is InChI=1S/C25H19NO5/c1-15-7-9-17(10-8-15)22(27)16(2)31-25(30)18-11-13-19(14-12-18)26-23(28)20-5-3-4-6-21(20)24(26)29/h3-14,16H,1-2H3/t16-/m0/s1. The van der Waals surface area contributed by atoms with Crippen molar-refractivity contribution in [2.75, 3.05) is 4.90 Å². The Morgan fingerprint density at radius 2 is 1.29 bits per heavy atom. The number of hydrogen-bond donors (Lipinski definition) is 0. The Morgan fingerprint density at radius 3 is 1.84 bits per heavy atom. The van der Waals surface area contributed by atoms with Crippen molar-refractivity contribution in [2.24, 2.45) is 0 Å². The van der Waals surface area contributed by atoms with Gasteiger partial charge in [0, 0.05) is 5.56 Å². The Kier molecular flexibility index (Phi) is 5.21. The maximum atomic E-state index is 12.6. The van der Waals surface area contributed by atoms with Crippen LogP contribution in [0.5, 0.6) is 0 Å². The highest BCUT2D eigenvalue weighted by Crippen LogP contribution is 2.28. The molecule has 6 nitrogen and oxygen atoms in total. The van der Waals surface area contributed by atoms with E-state index in [2.05, 4.69) is 0 Å². The summed E-state index contributed by atoms with van der Waals surface area (Å²) < 4.78 is 5.31. The number of imide groups is 1. The Labute approximate surface area is 179 Å². The number of carbonyl (C=O) groups excluding carboxylic acids is 4. The van der Waals surface area contributed by atoms with Crippen LogP contribution in [0.1, 0.15) is 53.9 Å². The molecule has 1 aliphatic rings. The predicted octanol–water partition coefficient (Wildman–Crippen LogP) is 4.22. The first-order valence-corrected chi connectivity index (χ1v) is 9.76. The molecule has 3 aromatic carbocycles. The normalized spacial score (nSPS) is 13.7. The first kappa shape index (κ1) is 20.2. The summed E-state index contributed by atoms with van der Waals surface area (Å²) in [4.78, 5) is 51.2. The largest absolute Gasteiger partial charge is 0.451 e. The number of rotatable bonds is 5. The minimum absolute atomic E-state index is 0.212. The predicted molar refractivity (Wildman–Crippen MR) is 114 cm³/mol. The molecule has 0 aliphatic carbocycles. The molecule has 1 atom stereocenters. The maximum Gasteiger partial charge on any atom is 0.338 e. The van der Waals surface area contributed by atoms with Crippen molar-refractivity contribution in [1.82, 2.24) is 0 Å². The number of anilines is 1. The highest BCUT2D eigenvalue weighted by molar-refractivity contribution is 6.34. The van der Waals surface area contributed by atoms with Gasteiger partial charge >= 0.3 is 5.97 Å². The van der Waals surface area contributed by atoms with E-state index in [9.17, 15) is 19.2 Å². The van der Waals surface area contributed by atoms with E-state index in [0.717, 1.165) is 10.5 Å². The van der Waals surface area contributed by atoms with Crippen molar-refractivity contribution >= 4 is 29.3 Å². The molecule has 0 unspecified atom stereocenters. The van der Waals surface area contributed by atoms with Gasteiger partial charge in [0.05, 0.1) is 22.4 Å². The average molecular weight is 413 g/mol. The molecule has 0 saturated carbocycles. The van der Waals surface area contributed by atoms with Crippen molar-refractivity contribution in [2.45, 2.75) is 20.0 Å². The van der Waals surface area contributed by atoms with E-state index in [-0.39, 0.29) is 11.3 Å². The van der Waals surface area contributed by atoms with E-state index in [0.29, 0.717) is 22.4 Å². The van der Waals surface area contributed by atoms with Gasteiger partial charge in [-0.1, -0.05) is 42.0 Å². The number of Topliss-reactive ketones (excluding diaryl/α,β-unsaturated/α-hetero) is 1. The third kappa shape index (κ3) is 3.75. The molecule has 0 spiro atoms. The van der Waals surface area contributed by atoms with Gasteiger partial charge in [0.1, 0.15) is 0 Å². The van der Waals surface area contributed by atoms with E-state index >= 15 is 0 Å². The van der Waals surface area contributed by atoms with Crippen molar-refractivity contribution in [3.63, 3.8) is 0 Å². The van der Waals surface area contributed by atoms with Crippen LogP contribution in [0.25, 0.3) is 0 Å². The number of benzene rings is 3. The van der Waals surface area contributed by atoms with Gasteiger partial charge < -0.3 is 4.74 Å². The third-order valence-electron chi connectivity index (χ3n) is 5.14. The molecule has 1 heterocycles. The van der Waals surface area contributed by atoms with Crippen LogP contribution in [0.2, 0.25) is 0 Å². The number of aryl methyl sites for hydroxylation is 1. The molecule has 0 aromatic heterocycles. The second kappa shape index (κ2) is 7.99. The summed E-state index contributed by atoms with van der Waals surface area (Å²) in [7, 11) is 0. The molecule has 0 radical (unpaired) electrons. The van der Waals surface area contributed by atoms with Gasteiger partial charge in [-0.2, -0.15) is 0 Å². The lowest BCUT2D eigenvalue weighted by atomic mass is 10.1. The topological polar surface area (TPSA) is 80.8 Å². The molecule has 31 heavy (non-hydrogen) atoms. The van der Waals surface area contributed by atoms with Crippen molar-refractivity contribution in [3.05, 3.63) is 101 Å². The Bertz CT molecular complexity index is 1160. The molecule has 0 saturated heterocycles. The summed E-state index contributed by atoms with van der Waals surface area (Å²) in [5.74, 6) is -1.78. The molecular weight excluding hydrogens is 394 g/mol. The van der Waals surface area contributed by atoms with Crippen LogP contribution in [0.15, 0.2) is 72.8 Å². The summed E-state index contributed by atoms with van der Waals surface area (Å²) in [5.41, 5.74) is 2.75. The fourth-order valence-electron chi connectivity index (χ4n) is 3.40. The summed E-state index contributed by atoms with van der Waals surface area (Å²) in [6.45, 7) is 3.44. The summed E-state index contributed by atoms with van der Waals surface area (Å²) >= 11 is 0. The van der Waals surface area contributed by atoms with E-state index < -0.39 is 23.9 Å². The molecule has 0 N–H and O–H groups in total. The number of hydrogen-bond acceptors (Lipinski definition) is 5. The molecule has 4 rings (SSSR count). The van der Waals surface area contributed by atoms with Gasteiger partial charge in [0.15, 0.2) is 6.10 Å². The van der Waals surface area contributed by atoms with Crippen LogP contribution in [0.3, 0.4) is 0 Å². The molecule has 2 amide bonds. The first-order valence-electron chi connectivity index (χ1n) is 9.76. The lowest BCUT2D eigenvalue weighted by Crippen LogP contribution is -2.29. The van der Waals surface area contributed by atoms with Gasteiger partial charge in [0.2, 0.25) is 5.78 Å². The van der Waals surface area contributed by atoms with E-state index in [1.165, 1.54) is 31.2 Å². The zero-order chi connectivity index (χ0) is 22.1. The van der Waals surface area contributed by atoms with Crippen molar-refractivity contribution in [3.8, 4) is 0 Å². The van der Waals surface area contributed by atoms with Gasteiger partial charge in [0.25, 0.3) is 11.8 Å². The Balaban J connectivity index is 1.46. The van der Waals surface area contributed by atoms with E-state index in [1.54, 1.807) is 36.4 Å². The van der Waals surface area contributed by atoms with Crippen molar-refractivity contribution in [1.29, 1.82) is 0 Å². The smallest absolute Gasteiger partial charge is 0.338 e. The zero-order valence-corrected chi connectivity index (χ0v) is 17.0. The van der Waals surface area contributed by atoms with Crippen molar-refractivity contribution < 1.29 is 23.9 Å². The molecule has 6 heteroatoms. The number of ketones is 1. The van der Waals surface area contributed by atoms with Crippen LogP contribution in [-0.2, 0) is 4.74 Å². The lowest BCUT2D eigenvalue weighted by Gasteiger charge is -2.15. The minimum Gasteiger partial charge on any atom is -0.451 e. The quantitative estimate of drug-likeness (QED) is 0.355. The lowest BCUT2D eigenvalue weighted by molar-refractivity contribution is 0.0319. The number of carbonyl (C=O) groups is 4. The molecule has 1 aliphatic heterocycles. The number of fused-ring (bicyclic) bond motifs is 1. The third-order valence-corrected chi connectivity index (χ3v) is 5.14. The van der Waals surface area contributed by atoms with Crippen LogP contribution in [-0.4, -0.2) is 29.7 Å². The fraction of sp³-hybridized carbons (Fsp3) is 0.120. The van der Waals surface area contributed by atoms with Gasteiger partial charge in [-0.25, -0.2) is 9.69 Å². The SMILES string of the molecule is Cc1ccc(C(=O)[C@H](C)OC(=O)c2ccc(N3C(=O)c4ccccc4C3=O)cc2)cc1. The highest BCUT2D eigenvalue weighted by Gasteiger charge is 2.36. The molecule has 0 bridgehead atoms. The monoisotopic (exact) mass is 413 g/mol. The summed E-state index contributed by atoms with van der Waals surface area (Å²) in [5, 5.41) is 0. The second-order valence-electron chi connectivity index (χ2n) is 7.32. The molecular formula is C25H19NO5. The molecule has 154 valence electrons. The number of amides is 2. The highest BCUT2D eigenvalue weighted by atomic mass is 16.5. The fourth-order valence-corrected chi connectivity index (χ4v) is 3.40. The second-order valence-corrected chi connectivity index (χ2v) is 7.32. The molecule has 3 aromatic rings.